The average molecular weight is 240 g/mol. The summed E-state index contributed by atoms with van der Waals surface area (Å²) in [5.41, 5.74) is 0.939. The molecule has 90 valence electrons. The summed E-state index contributed by atoms with van der Waals surface area (Å²) in [6, 6.07) is 11.4. The summed E-state index contributed by atoms with van der Waals surface area (Å²) in [5, 5.41) is 16.6. The van der Waals surface area contributed by atoms with E-state index in [0.29, 0.717) is 12.2 Å². The molecule has 5 heteroatoms. The highest BCUT2D eigenvalue weighted by Crippen LogP contribution is 2.13. The van der Waals surface area contributed by atoms with Crippen LogP contribution in [-0.4, -0.2) is 15.0 Å². The van der Waals surface area contributed by atoms with Crippen molar-refractivity contribution in [3.63, 3.8) is 0 Å². The van der Waals surface area contributed by atoms with Gasteiger partial charge >= 0.3 is 0 Å². The van der Waals surface area contributed by atoms with E-state index < -0.39 is 0 Å². The van der Waals surface area contributed by atoms with Crippen LogP contribution in [0.15, 0.2) is 43.0 Å². The van der Waals surface area contributed by atoms with E-state index in [1.54, 1.807) is 10.8 Å². The summed E-state index contributed by atoms with van der Waals surface area (Å²) in [5.74, 6) is 0.743. The van der Waals surface area contributed by atoms with Crippen LogP contribution in [0.1, 0.15) is 11.4 Å². The zero-order valence-corrected chi connectivity index (χ0v) is 9.78. The van der Waals surface area contributed by atoms with Gasteiger partial charge in [-0.05, 0) is 12.1 Å². The molecule has 0 aliphatic rings. The third-order valence-corrected chi connectivity index (χ3v) is 2.36. The number of nitriles is 1. The first-order valence-corrected chi connectivity index (χ1v) is 5.46. The molecule has 0 radical (unpaired) electrons. The van der Waals surface area contributed by atoms with Crippen molar-refractivity contribution in [2.24, 2.45) is 0 Å². The van der Waals surface area contributed by atoms with Crippen molar-refractivity contribution in [3.05, 3.63) is 54.4 Å². The van der Waals surface area contributed by atoms with Gasteiger partial charge in [0.05, 0.1) is 6.54 Å². The van der Waals surface area contributed by atoms with Crippen molar-refractivity contribution in [3.8, 4) is 11.8 Å². The fourth-order valence-corrected chi connectivity index (χ4v) is 1.50. The number of rotatable bonds is 5. The molecule has 0 saturated heterocycles. The van der Waals surface area contributed by atoms with Gasteiger partial charge in [0, 0.05) is 0 Å². The van der Waals surface area contributed by atoms with Crippen LogP contribution in [0.3, 0.4) is 0 Å². The van der Waals surface area contributed by atoms with Gasteiger partial charge in [-0.3, -0.25) is 0 Å². The van der Waals surface area contributed by atoms with E-state index in [1.165, 1.54) is 0 Å². The van der Waals surface area contributed by atoms with Crippen molar-refractivity contribution in [1.82, 2.24) is 15.0 Å². The first kappa shape index (κ1) is 11.9. The molecule has 0 amide bonds. The molecule has 0 saturated carbocycles. The number of benzene rings is 1. The van der Waals surface area contributed by atoms with Crippen molar-refractivity contribution in [2.45, 2.75) is 13.2 Å². The molecule has 0 aliphatic carbocycles. The molecule has 2 aromatic rings. The normalized spacial score (nSPS) is 9.72. The van der Waals surface area contributed by atoms with Crippen molar-refractivity contribution < 1.29 is 4.74 Å². The van der Waals surface area contributed by atoms with Crippen LogP contribution < -0.4 is 4.74 Å². The minimum atomic E-state index is 0.258. The second-order valence-electron chi connectivity index (χ2n) is 3.57. The van der Waals surface area contributed by atoms with Gasteiger partial charge in [0.2, 0.25) is 0 Å². The maximum Gasteiger partial charge on any atom is 0.189 e. The van der Waals surface area contributed by atoms with Gasteiger partial charge in [-0.15, -0.1) is 11.7 Å². The number of hydrogen-bond donors (Lipinski definition) is 0. The van der Waals surface area contributed by atoms with Gasteiger partial charge in [-0.2, -0.15) is 5.26 Å². The lowest BCUT2D eigenvalue weighted by Gasteiger charge is -2.07. The predicted molar refractivity (Wildman–Crippen MR) is 65.7 cm³/mol. The Morgan fingerprint density at radius 1 is 1.39 bits per heavy atom. The van der Waals surface area contributed by atoms with E-state index in [2.05, 4.69) is 16.9 Å². The fraction of sp³-hybridized carbons (Fsp3) is 0.154. The molecule has 0 spiro atoms. The molecular formula is C13H12N4O. The number of hydrogen-bond acceptors (Lipinski definition) is 4. The first-order valence-electron chi connectivity index (χ1n) is 5.46. The molecule has 0 unspecified atom stereocenters. The number of ether oxygens (including phenoxy) is 1. The lowest BCUT2D eigenvalue weighted by atomic mass is 10.3. The lowest BCUT2D eigenvalue weighted by molar-refractivity contribution is 0.293. The van der Waals surface area contributed by atoms with Gasteiger partial charge < -0.3 is 4.74 Å². The maximum absolute atomic E-state index is 8.95. The zero-order valence-electron chi connectivity index (χ0n) is 9.78. The van der Waals surface area contributed by atoms with Crippen LogP contribution >= 0.6 is 0 Å². The monoisotopic (exact) mass is 240 g/mol. The van der Waals surface area contributed by atoms with Crippen molar-refractivity contribution in [2.75, 3.05) is 0 Å². The number of para-hydroxylation sites is 1. The molecule has 1 aromatic heterocycles. The minimum absolute atomic E-state index is 0.258. The molecule has 1 aromatic carbocycles. The van der Waals surface area contributed by atoms with E-state index >= 15 is 0 Å². The van der Waals surface area contributed by atoms with Gasteiger partial charge in [-0.1, -0.05) is 29.5 Å². The summed E-state index contributed by atoms with van der Waals surface area (Å²) in [6.07, 6.45) is 1.70. The smallest absolute Gasteiger partial charge is 0.189 e. The van der Waals surface area contributed by atoms with E-state index in [1.807, 2.05) is 36.4 Å². The fourth-order valence-electron chi connectivity index (χ4n) is 1.50. The van der Waals surface area contributed by atoms with Crippen LogP contribution in [0.4, 0.5) is 0 Å². The predicted octanol–water partition coefficient (Wildman–Crippen LogP) is 1.91. The average Bonchev–Trinajstić information content (AvgIpc) is 2.80. The molecule has 5 nitrogen and oxygen atoms in total. The molecule has 0 N–H and O–H groups in total. The van der Waals surface area contributed by atoms with Gasteiger partial charge in [0.25, 0.3) is 0 Å². The Morgan fingerprint density at radius 3 is 2.83 bits per heavy atom. The van der Waals surface area contributed by atoms with E-state index in [4.69, 9.17) is 10.00 Å². The number of nitrogens with zero attached hydrogens (tertiary/aromatic N) is 4. The molecule has 0 bridgehead atoms. The summed E-state index contributed by atoms with van der Waals surface area (Å²) >= 11 is 0. The zero-order chi connectivity index (χ0) is 12.8. The molecule has 1 heterocycles. The highest BCUT2D eigenvalue weighted by molar-refractivity contribution is 5.26. The quantitative estimate of drug-likeness (QED) is 0.749. The highest BCUT2D eigenvalue weighted by Gasteiger charge is 2.12. The Kier molecular flexibility index (Phi) is 3.72. The first-order chi connectivity index (χ1) is 8.85. The van der Waals surface area contributed by atoms with Crippen LogP contribution in [0.5, 0.6) is 5.75 Å². The molecule has 0 fully saturated rings. The van der Waals surface area contributed by atoms with Crippen LogP contribution in [-0.2, 0) is 13.2 Å². The minimum Gasteiger partial charge on any atom is -0.487 e. The molecule has 2 rings (SSSR count). The summed E-state index contributed by atoms with van der Waals surface area (Å²) in [6.45, 7) is 4.40. The molecule has 0 aliphatic heterocycles. The number of aromatic nitrogens is 3. The molecular weight excluding hydrogens is 228 g/mol. The standard InChI is InChI=1S/C13H12N4O/c1-2-8-17-13(12(9-14)15-16-17)10-18-11-6-4-3-5-7-11/h2-7H,1,8,10H2. The Bertz CT molecular complexity index is 568. The second kappa shape index (κ2) is 5.64. The van der Waals surface area contributed by atoms with Crippen molar-refractivity contribution >= 4 is 0 Å². The Morgan fingerprint density at radius 2 is 2.17 bits per heavy atom. The topological polar surface area (TPSA) is 63.7 Å². The maximum atomic E-state index is 8.95. The van der Waals surface area contributed by atoms with Crippen LogP contribution in [0.25, 0.3) is 0 Å². The van der Waals surface area contributed by atoms with E-state index in [0.717, 1.165) is 5.75 Å². The van der Waals surface area contributed by atoms with E-state index in [-0.39, 0.29) is 12.3 Å². The summed E-state index contributed by atoms with van der Waals surface area (Å²) < 4.78 is 7.20. The Balaban J connectivity index is 2.15. The van der Waals surface area contributed by atoms with E-state index in [9.17, 15) is 0 Å². The number of allylic oxidation sites excluding steroid dienone is 1. The van der Waals surface area contributed by atoms with Gasteiger partial charge in [0.1, 0.15) is 24.1 Å². The van der Waals surface area contributed by atoms with Crippen LogP contribution in [0, 0.1) is 11.3 Å². The second-order valence-corrected chi connectivity index (χ2v) is 3.57. The lowest BCUT2D eigenvalue weighted by Crippen LogP contribution is -2.07. The summed E-state index contributed by atoms with van der Waals surface area (Å²) in [7, 11) is 0. The van der Waals surface area contributed by atoms with Crippen LogP contribution in [0.2, 0.25) is 0 Å². The third-order valence-electron chi connectivity index (χ3n) is 2.36. The Hall–Kier alpha value is -2.61. The molecule has 18 heavy (non-hydrogen) atoms. The largest absolute Gasteiger partial charge is 0.487 e. The van der Waals surface area contributed by atoms with Gasteiger partial charge in [-0.25, -0.2) is 4.68 Å². The SMILES string of the molecule is C=CCn1nnc(C#N)c1COc1ccccc1. The molecule has 0 atom stereocenters. The third kappa shape index (κ3) is 2.55. The summed E-state index contributed by atoms with van der Waals surface area (Å²) in [4.78, 5) is 0. The Labute approximate surface area is 105 Å². The van der Waals surface area contributed by atoms with Gasteiger partial charge in [0.15, 0.2) is 5.69 Å². The van der Waals surface area contributed by atoms with Crippen molar-refractivity contribution in [1.29, 1.82) is 5.26 Å². The highest BCUT2D eigenvalue weighted by atomic mass is 16.5.